The van der Waals surface area contributed by atoms with Crippen LogP contribution >= 0.6 is 0 Å². The summed E-state index contributed by atoms with van der Waals surface area (Å²) >= 11 is 0. The molecule has 2 rings (SSSR count). The third kappa shape index (κ3) is 3.15. The summed E-state index contributed by atoms with van der Waals surface area (Å²) in [5.74, 6) is 2.76. The van der Waals surface area contributed by atoms with E-state index < -0.39 is 0 Å². The van der Waals surface area contributed by atoms with Crippen molar-refractivity contribution in [3.63, 3.8) is 0 Å². The second-order valence-electron chi connectivity index (χ2n) is 5.31. The van der Waals surface area contributed by atoms with Crippen LogP contribution in [-0.4, -0.2) is 42.8 Å². The van der Waals surface area contributed by atoms with Crippen LogP contribution < -0.4 is 10.2 Å². The van der Waals surface area contributed by atoms with Crippen LogP contribution in [-0.2, 0) is 11.2 Å². The number of rotatable bonds is 4. The predicted molar refractivity (Wildman–Crippen MR) is 77.8 cm³/mol. The first-order valence-corrected chi connectivity index (χ1v) is 6.96. The Labute approximate surface area is 115 Å². The molecule has 1 aliphatic heterocycles. The lowest BCUT2D eigenvalue weighted by Crippen LogP contribution is -2.47. The van der Waals surface area contributed by atoms with E-state index in [4.69, 9.17) is 4.74 Å². The number of methoxy groups -OCH3 is 1. The zero-order valence-corrected chi connectivity index (χ0v) is 12.4. The van der Waals surface area contributed by atoms with Gasteiger partial charge >= 0.3 is 0 Å². The standard InChI is InChI=1S/C14H24N4O/c1-5-11-16-12(15-3)9-13(17-11)18-8-6-7-14(2,10-18)19-4/h9H,5-8,10H2,1-4H3,(H,15,16,17). The Kier molecular flexibility index (Phi) is 4.24. The predicted octanol–water partition coefficient (Wildman–Crippen LogP) is 2.09. The molecular weight excluding hydrogens is 240 g/mol. The van der Waals surface area contributed by atoms with Crippen LogP contribution in [0.1, 0.15) is 32.5 Å². The van der Waals surface area contributed by atoms with Crippen molar-refractivity contribution in [2.75, 3.05) is 37.5 Å². The number of aryl methyl sites for hydroxylation is 1. The number of anilines is 2. The zero-order chi connectivity index (χ0) is 13.9. The highest BCUT2D eigenvalue weighted by Crippen LogP contribution is 2.27. The van der Waals surface area contributed by atoms with E-state index in [1.165, 1.54) is 0 Å². The number of hydrogen-bond acceptors (Lipinski definition) is 5. The second kappa shape index (κ2) is 5.74. The van der Waals surface area contributed by atoms with E-state index in [0.29, 0.717) is 0 Å². The van der Waals surface area contributed by atoms with Crippen LogP contribution in [0.25, 0.3) is 0 Å². The van der Waals surface area contributed by atoms with E-state index in [1.54, 1.807) is 7.11 Å². The molecule has 1 aromatic rings. The fourth-order valence-corrected chi connectivity index (χ4v) is 2.50. The van der Waals surface area contributed by atoms with E-state index in [0.717, 1.165) is 49.8 Å². The van der Waals surface area contributed by atoms with E-state index >= 15 is 0 Å². The third-order valence-electron chi connectivity index (χ3n) is 3.81. The normalized spacial score (nSPS) is 23.5. The van der Waals surface area contributed by atoms with Crippen molar-refractivity contribution in [2.45, 2.75) is 38.7 Å². The topological polar surface area (TPSA) is 50.3 Å². The van der Waals surface area contributed by atoms with Crippen molar-refractivity contribution in [1.82, 2.24) is 9.97 Å². The highest BCUT2D eigenvalue weighted by molar-refractivity contribution is 5.49. The molecule has 1 fully saturated rings. The van der Waals surface area contributed by atoms with Gasteiger partial charge in [0.2, 0.25) is 0 Å². The molecule has 0 aliphatic carbocycles. The van der Waals surface area contributed by atoms with Gasteiger partial charge in [-0.2, -0.15) is 0 Å². The van der Waals surface area contributed by atoms with Crippen LogP contribution in [0.2, 0.25) is 0 Å². The molecule has 1 unspecified atom stereocenters. The molecule has 0 aromatic carbocycles. The molecule has 19 heavy (non-hydrogen) atoms. The van der Waals surface area contributed by atoms with Gasteiger partial charge in [-0.1, -0.05) is 6.92 Å². The quantitative estimate of drug-likeness (QED) is 0.902. The lowest BCUT2D eigenvalue weighted by atomic mass is 9.95. The molecule has 1 saturated heterocycles. The number of nitrogens with one attached hydrogen (secondary N) is 1. The molecular formula is C14H24N4O. The number of nitrogens with zero attached hydrogens (tertiary/aromatic N) is 3. The second-order valence-corrected chi connectivity index (χ2v) is 5.31. The number of hydrogen-bond donors (Lipinski definition) is 1. The van der Waals surface area contributed by atoms with E-state index in [-0.39, 0.29) is 5.60 Å². The summed E-state index contributed by atoms with van der Waals surface area (Å²) in [4.78, 5) is 11.4. The lowest BCUT2D eigenvalue weighted by molar-refractivity contribution is -0.00482. The van der Waals surface area contributed by atoms with Crippen molar-refractivity contribution in [3.8, 4) is 0 Å². The highest BCUT2D eigenvalue weighted by atomic mass is 16.5. The van der Waals surface area contributed by atoms with Crippen molar-refractivity contribution < 1.29 is 4.74 Å². The number of piperidine rings is 1. The largest absolute Gasteiger partial charge is 0.377 e. The third-order valence-corrected chi connectivity index (χ3v) is 3.81. The van der Waals surface area contributed by atoms with E-state index in [9.17, 15) is 0 Å². The minimum atomic E-state index is -0.0740. The molecule has 5 nitrogen and oxygen atoms in total. The minimum Gasteiger partial charge on any atom is -0.377 e. The van der Waals surface area contributed by atoms with Gasteiger partial charge in [0.25, 0.3) is 0 Å². The summed E-state index contributed by atoms with van der Waals surface area (Å²) in [6.07, 6.45) is 3.08. The van der Waals surface area contributed by atoms with Gasteiger partial charge < -0.3 is 15.0 Å². The summed E-state index contributed by atoms with van der Waals surface area (Å²) in [6, 6.07) is 2.01. The highest BCUT2D eigenvalue weighted by Gasteiger charge is 2.31. The van der Waals surface area contributed by atoms with Gasteiger partial charge in [0.1, 0.15) is 17.5 Å². The monoisotopic (exact) mass is 264 g/mol. The lowest BCUT2D eigenvalue weighted by Gasteiger charge is -2.40. The van der Waals surface area contributed by atoms with Gasteiger partial charge in [0, 0.05) is 39.7 Å². The molecule has 106 valence electrons. The van der Waals surface area contributed by atoms with Gasteiger partial charge in [-0.3, -0.25) is 0 Å². The zero-order valence-electron chi connectivity index (χ0n) is 12.4. The molecule has 0 amide bonds. The van der Waals surface area contributed by atoms with Gasteiger partial charge in [-0.25, -0.2) is 9.97 Å². The summed E-state index contributed by atoms with van der Waals surface area (Å²) in [6.45, 7) is 6.16. The Morgan fingerprint density at radius 1 is 1.47 bits per heavy atom. The Balaban J connectivity index is 2.25. The Hall–Kier alpha value is -1.36. The van der Waals surface area contributed by atoms with Crippen molar-refractivity contribution in [2.24, 2.45) is 0 Å². The Bertz CT molecular complexity index is 415. The average Bonchev–Trinajstić information content (AvgIpc) is 2.46. The molecule has 0 spiro atoms. The summed E-state index contributed by atoms with van der Waals surface area (Å²) < 4.78 is 5.64. The molecule has 1 atom stereocenters. The maximum Gasteiger partial charge on any atom is 0.134 e. The summed E-state index contributed by atoms with van der Waals surface area (Å²) in [5, 5.41) is 3.11. The van der Waals surface area contributed by atoms with Crippen LogP contribution in [0.5, 0.6) is 0 Å². The van der Waals surface area contributed by atoms with Gasteiger partial charge in [0.05, 0.1) is 5.60 Å². The molecule has 1 aromatic heterocycles. The molecule has 0 bridgehead atoms. The van der Waals surface area contributed by atoms with Crippen LogP contribution in [0.3, 0.4) is 0 Å². The first-order chi connectivity index (χ1) is 9.10. The molecule has 0 saturated carbocycles. The van der Waals surface area contributed by atoms with E-state index in [2.05, 4.69) is 34.0 Å². The summed E-state index contributed by atoms with van der Waals surface area (Å²) in [7, 11) is 3.68. The molecule has 1 aliphatic rings. The average molecular weight is 264 g/mol. The first kappa shape index (κ1) is 14.1. The van der Waals surface area contributed by atoms with Crippen LogP contribution in [0, 0.1) is 0 Å². The van der Waals surface area contributed by atoms with E-state index in [1.807, 2.05) is 13.1 Å². The van der Waals surface area contributed by atoms with Crippen LogP contribution in [0.15, 0.2) is 6.07 Å². The smallest absolute Gasteiger partial charge is 0.134 e. The Morgan fingerprint density at radius 2 is 2.26 bits per heavy atom. The molecule has 5 heteroatoms. The minimum absolute atomic E-state index is 0.0740. The molecule has 0 radical (unpaired) electrons. The van der Waals surface area contributed by atoms with Gasteiger partial charge in [-0.15, -0.1) is 0 Å². The van der Waals surface area contributed by atoms with Gasteiger partial charge in [-0.05, 0) is 19.8 Å². The SMILES string of the molecule is CCc1nc(NC)cc(N2CCCC(C)(OC)C2)n1. The number of ether oxygens (including phenoxy) is 1. The Morgan fingerprint density at radius 3 is 2.89 bits per heavy atom. The van der Waals surface area contributed by atoms with Crippen molar-refractivity contribution in [3.05, 3.63) is 11.9 Å². The molecule has 2 heterocycles. The van der Waals surface area contributed by atoms with Crippen molar-refractivity contribution >= 4 is 11.6 Å². The number of aromatic nitrogens is 2. The maximum absolute atomic E-state index is 5.64. The van der Waals surface area contributed by atoms with Gasteiger partial charge in [0.15, 0.2) is 0 Å². The summed E-state index contributed by atoms with van der Waals surface area (Å²) in [5.41, 5.74) is -0.0740. The first-order valence-electron chi connectivity index (χ1n) is 6.96. The van der Waals surface area contributed by atoms with Crippen molar-refractivity contribution in [1.29, 1.82) is 0 Å². The molecule has 1 N–H and O–H groups in total. The van der Waals surface area contributed by atoms with Crippen LogP contribution in [0.4, 0.5) is 11.6 Å². The maximum atomic E-state index is 5.64. The fraction of sp³-hybridized carbons (Fsp3) is 0.714. The fourth-order valence-electron chi connectivity index (χ4n) is 2.50.